The third-order valence-electron chi connectivity index (χ3n) is 5.74. The Morgan fingerprint density at radius 3 is 2.58 bits per heavy atom. The first kappa shape index (κ1) is 18.9. The summed E-state index contributed by atoms with van der Waals surface area (Å²) in [4.78, 5) is 17.7. The first-order chi connectivity index (χ1) is 12.5. The van der Waals surface area contributed by atoms with E-state index in [0.29, 0.717) is 5.92 Å². The maximum Gasteiger partial charge on any atom is 0.187 e. The number of nitrogens with one attached hydrogen (secondary N) is 1. The number of likely N-dealkylation sites (tertiary alicyclic amines) is 1. The van der Waals surface area contributed by atoms with Gasteiger partial charge >= 0.3 is 0 Å². The fourth-order valence-corrected chi connectivity index (χ4v) is 3.88. The Balaban J connectivity index is 1.48. The van der Waals surface area contributed by atoms with Crippen molar-refractivity contribution in [3.8, 4) is 0 Å². The van der Waals surface area contributed by atoms with Crippen molar-refractivity contribution in [3.05, 3.63) is 69.1 Å². The van der Waals surface area contributed by atoms with Crippen LogP contribution in [0.4, 0.5) is 0 Å². The molecule has 0 radical (unpaired) electrons. The smallest absolute Gasteiger partial charge is 0.187 e. The number of rotatable bonds is 6. The molecule has 0 aliphatic carbocycles. The number of aliphatic hydroxyl groups is 1. The van der Waals surface area contributed by atoms with Crippen LogP contribution in [0.1, 0.15) is 41.6 Å². The number of pyridine rings is 1. The number of aliphatic hydroxyl groups excluding tert-OH is 1. The number of nitrogens with zero attached hydrogens (tertiary/aromatic N) is 1. The second kappa shape index (κ2) is 8.65. The Morgan fingerprint density at radius 2 is 1.88 bits per heavy atom. The lowest BCUT2D eigenvalue weighted by Crippen LogP contribution is -2.38. The average molecular weight is 354 g/mol. The number of aryl methyl sites for hydroxylation is 2. The number of H-pyrrole nitrogens is 1. The quantitative estimate of drug-likeness (QED) is 0.838. The highest BCUT2D eigenvalue weighted by molar-refractivity contribution is 5.23. The van der Waals surface area contributed by atoms with Crippen molar-refractivity contribution in [2.24, 2.45) is 5.92 Å². The minimum Gasteiger partial charge on any atom is -0.393 e. The van der Waals surface area contributed by atoms with Gasteiger partial charge in [0.2, 0.25) is 0 Å². The van der Waals surface area contributed by atoms with Crippen LogP contribution in [-0.4, -0.2) is 34.2 Å². The predicted molar refractivity (Wildman–Crippen MR) is 105 cm³/mol. The zero-order chi connectivity index (χ0) is 18.5. The number of hydrogen-bond acceptors (Lipinski definition) is 3. The average Bonchev–Trinajstić information content (AvgIpc) is 2.68. The van der Waals surface area contributed by atoms with Crippen molar-refractivity contribution in [2.75, 3.05) is 13.1 Å². The zero-order valence-electron chi connectivity index (χ0n) is 15.9. The highest BCUT2D eigenvalue weighted by Gasteiger charge is 2.25. The number of aromatic nitrogens is 1. The van der Waals surface area contributed by atoms with Crippen molar-refractivity contribution < 1.29 is 5.11 Å². The molecule has 26 heavy (non-hydrogen) atoms. The van der Waals surface area contributed by atoms with E-state index in [1.54, 1.807) is 0 Å². The molecule has 1 unspecified atom stereocenters. The van der Waals surface area contributed by atoms with Crippen LogP contribution >= 0.6 is 0 Å². The van der Waals surface area contributed by atoms with E-state index in [9.17, 15) is 9.90 Å². The van der Waals surface area contributed by atoms with Gasteiger partial charge < -0.3 is 10.1 Å². The topological polar surface area (TPSA) is 56.3 Å². The zero-order valence-corrected chi connectivity index (χ0v) is 15.9. The maximum atomic E-state index is 12.1. The van der Waals surface area contributed by atoms with Gasteiger partial charge in [0.15, 0.2) is 5.43 Å². The Morgan fingerprint density at radius 1 is 1.19 bits per heavy atom. The van der Waals surface area contributed by atoms with Crippen LogP contribution in [0.15, 0.2) is 41.3 Å². The molecule has 0 amide bonds. The van der Waals surface area contributed by atoms with E-state index in [0.717, 1.165) is 62.1 Å². The van der Waals surface area contributed by atoms with Crippen LogP contribution in [0, 0.1) is 19.8 Å². The molecule has 1 aromatic heterocycles. The number of aromatic amines is 1. The van der Waals surface area contributed by atoms with E-state index >= 15 is 0 Å². The molecule has 1 aromatic carbocycles. The normalized spacial score (nSPS) is 17.3. The van der Waals surface area contributed by atoms with E-state index in [1.165, 1.54) is 5.56 Å². The first-order valence-electron chi connectivity index (χ1n) is 9.66. The van der Waals surface area contributed by atoms with Gasteiger partial charge in [-0.15, -0.1) is 0 Å². The lowest BCUT2D eigenvalue weighted by molar-refractivity contribution is 0.0516. The summed E-state index contributed by atoms with van der Waals surface area (Å²) in [6.07, 6.45) is 5.39. The fraction of sp³-hybridized carbons (Fsp3) is 0.500. The summed E-state index contributed by atoms with van der Waals surface area (Å²) >= 11 is 0. The second-order valence-corrected chi connectivity index (χ2v) is 7.61. The SMILES string of the molecule is Cc1c[nH]c(CN2CCC(C(O)CCc3ccccc3)CC2)c(C)c1=O. The molecule has 0 saturated carbocycles. The van der Waals surface area contributed by atoms with E-state index < -0.39 is 0 Å². The van der Waals surface area contributed by atoms with Gasteiger partial charge in [-0.05, 0) is 64.1 Å². The molecule has 1 fully saturated rings. The molecule has 3 rings (SSSR count). The summed E-state index contributed by atoms with van der Waals surface area (Å²) < 4.78 is 0. The molecule has 140 valence electrons. The molecule has 0 bridgehead atoms. The van der Waals surface area contributed by atoms with Gasteiger partial charge in [0.05, 0.1) is 6.10 Å². The molecule has 2 aromatic rings. The largest absolute Gasteiger partial charge is 0.393 e. The summed E-state index contributed by atoms with van der Waals surface area (Å²) in [5.74, 6) is 0.383. The van der Waals surface area contributed by atoms with Crippen molar-refractivity contribution in [1.82, 2.24) is 9.88 Å². The van der Waals surface area contributed by atoms with Gasteiger partial charge in [-0.1, -0.05) is 30.3 Å². The van der Waals surface area contributed by atoms with Crippen LogP contribution < -0.4 is 5.43 Å². The second-order valence-electron chi connectivity index (χ2n) is 7.61. The lowest BCUT2D eigenvalue weighted by atomic mass is 9.88. The van der Waals surface area contributed by atoms with Crippen LogP contribution in [0.2, 0.25) is 0 Å². The summed E-state index contributed by atoms with van der Waals surface area (Å²) in [5, 5.41) is 10.6. The van der Waals surface area contributed by atoms with Crippen LogP contribution in [0.25, 0.3) is 0 Å². The van der Waals surface area contributed by atoms with Crippen molar-refractivity contribution in [3.63, 3.8) is 0 Å². The Hall–Kier alpha value is -1.91. The lowest BCUT2D eigenvalue weighted by Gasteiger charge is -2.34. The minimum absolute atomic E-state index is 0.143. The summed E-state index contributed by atoms with van der Waals surface area (Å²) in [6.45, 7) is 6.48. The minimum atomic E-state index is -0.224. The van der Waals surface area contributed by atoms with Crippen molar-refractivity contribution in [2.45, 2.75) is 52.2 Å². The summed E-state index contributed by atoms with van der Waals surface area (Å²) in [7, 11) is 0. The summed E-state index contributed by atoms with van der Waals surface area (Å²) in [6, 6.07) is 10.4. The maximum absolute atomic E-state index is 12.1. The van der Waals surface area contributed by atoms with Crippen molar-refractivity contribution in [1.29, 1.82) is 0 Å². The number of benzene rings is 1. The highest BCUT2D eigenvalue weighted by Crippen LogP contribution is 2.24. The van der Waals surface area contributed by atoms with E-state index in [4.69, 9.17) is 0 Å². The Labute approximate surface area is 155 Å². The van der Waals surface area contributed by atoms with Crippen LogP contribution in [0.5, 0.6) is 0 Å². The molecule has 1 aliphatic rings. The van der Waals surface area contributed by atoms with Crippen LogP contribution in [-0.2, 0) is 13.0 Å². The molecule has 1 aliphatic heterocycles. The molecule has 0 spiro atoms. The van der Waals surface area contributed by atoms with E-state index in [1.807, 2.05) is 26.1 Å². The van der Waals surface area contributed by atoms with Crippen LogP contribution in [0.3, 0.4) is 0 Å². The fourth-order valence-electron chi connectivity index (χ4n) is 3.88. The Kier molecular flexibility index (Phi) is 6.28. The molecule has 4 heteroatoms. The molecule has 1 atom stereocenters. The standard InChI is InChI=1S/C22H30N2O2/c1-16-14-23-20(17(2)22(16)26)15-24-12-10-19(11-13-24)21(25)9-8-18-6-4-3-5-7-18/h3-7,14,19,21,25H,8-13,15H2,1-2H3,(H,23,26). The van der Waals surface area contributed by atoms with Gasteiger partial charge in [-0.3, -0.25) is 9.69 Å². The molecule has 2 heterocycles. The highest BCUT2D eigenvalue weighted by atomic mass is 16.3. The molecule has 1 saturated heterocycles. The molecule has 2 N–H and O–H groups in total. The molecular weight excluding hydrogens is 324 g/mol. The van der Waals surface area contributed by atoms with Crippen molar-refractivity contribution >= 4 is 0 Å². The van der Waals surface area contributed by atoms with E-state index in [-0.39, 0.29) is 11.5 Å². The van der Waals surface area contributed by atoms with E-state index in [2.05, 4.69) is 34.1 Å². The van der Waals surface area contributed by atoms with Gasteiger partial charge in [-0.2, -0.15) is 0 Å². The van der Waals surface area contributed by atoms with Gasteiger partial charge in [0.25, 0.3) is 0 Å². The number of piperidine rings is 1. The van der Waals surface area contributed by atoms with Gasteiger partial charge in [0.1, 0.15) is 0 Å². The Bertz CT molecular complexity index is 761. The van der Waals surface area contributed by atoms with Gasteiger partial charge in [-0.25, -0.2) is 0 Å². The third kappa shape index (κ3) is 4.63. The third-order valence-corrected chi connectivity index (χ3v) is 5.74. The monoisotopic (exact) mass is 354 g/mol. The van der Waals surface area contributed by atoms with Gasteiger partial charge in [0, 0.05) is 29.6 Å². The first-order valence-corrected chi connectivity index (χ1v) is 9.66. The summed E-state index contributed by atoms with van der Waals surface area (Å²) in [5.41, 5.74) is 4.05. The predicted octanol–water partition coefficient (Wildman–Crippen LogP) is 3.20. The molecule has 4 nitrogen and oxygen atoms in total. The number of hydrogen-bond donors (Lipinski definition) is 2. The molecular formula is C22H30N2O2.